The van der Waals surface area contributed by atoms with Crippen LogP contribution >= 0.6 is 11.6 Å². The lowest BCUT2D eigenvalue weighted by Gasteiger charge is -2.06. The summed E-state index contributed by atoms with van der Waals surface area (Å²) in [6, 6.07) is 2.79. The molecule has 4 N–H and O–H groups in total. The fraction of sp³-hybridized carbons (Fsp3) is 0.250. The number of hydrogen-bond donors (Lipinski definition) is 3. The van der Waals surface area contributed by atoms with Gasteiger partial charge in [-0.2, -0.15) is 0 Å². The first-order chi connectivity index (χ1) is 7.99. The topological polar surface area (TPSA) is 79.1 Å². The normalized spacial score (nSPS) is 12.9. The predicted octanol–water partition coefficient (Wildman–Crippen LogP) is 2.08. The number of carbonyl (C=O) groups is 1. The maximum absolute atomic E-state index is 10.7. The molecule has 0 fully saturated rings. The van der Waals surface area contributed by atoms with Crippen molar-refractivity contribution in [3.63, 3.8) is 0 Å². The lowest BCUT2D eigenvalue weighted by molar-refractivity contribution is -0.138. The Morgan fingerprint density at radius 2 is 2.29 bits per heavy atom. The molecule has 0 saturated heterocycles. The van der Waals surface area contributed by atoms with Crippen LogP contribution < -0.4 is 5.73 Å². The van der Waals surface area contributed by atoms with Crippen molar-refractivity contribution in [3.05, 3.63) is 34.5 Å². The Balaban J connectivity index is 2.46. The fourth-order valence-corrected chi connectivity index (χ4v) is 2.28. The summed E-state index contributed by atoms with van der Waals surface area (Å²) in [5, 5.41) is 10.5. The van der Waals surface area contributed by atoms with Crippen LogP contribution in [0.4, 0.5) is 0 Å². The first-order valence-electron chi connectivity index (χ1n) is 5.23. The number of H-pyrrole nitrogens is 1. The fourth-order valence-electron chi connectivity index (χ4n) is 2.01. The predicted molar refractivity (Wildman–Crippen MR) is 67.4 cm³/mol. The van der Waals surface area contributed by atoms with E-state index in [9.17, 15) is 4.79 Å². The molecule has 5 heteroatoms. The lowest BCUT2D eigenvalue weighted by atomic mass is 10.0. The third kappa shape index (κ3) is 2.28. The quantitative estimate of drug-likeness (QED) is 0.783. The maximum Gasteiger partial charge on any atom is 0.320 e. The Bertz CT molecular complexity index is 577. The third-order valence-corrected chi connectivity index (χ3v) is 3.00. The molecule has 0 saturated carbocycles. The Labute approximate surface area is 103 Å². The van der Waals surface area contributed by atoms with Gasteiger partial charge >= 0.3 is 5.97 Å². The van der Waals surface area contributed by atoms with Crippen LogP contribution in [-0.2, 0) is 11.2 Å². The Morgan fingerprint density at radius 3 is 2.94 bits per heavy atom. The van der Waals surface area contributed by atoms with Crippen LogP contribution in [0, 0.1) is 6.92 Å². The monoisotopic (exact) mass is 252 g/mol. The molecule has 1 unspecified atom stereocenters. The van der Waals surface area contributed by atoms with E-state index in [4.69, 9.17) is 22.4 Å². The van der Waals surface area contributed by atoms with E-state index >= 15 is 0 Å². The Hall–Kier alpha value is -1.52. The second kappa shape index (κ2) is 4.39. The van der Waals surface area contributed by atoms with Crippen molar-refractivity contribution < 1.29 is 9.90 Å². The standard InChI is InChI=1S/C12H13ClN2O2/c1-6-2-8(13)4-10-11(6)7(5-15-10)3-9(14)12(16)17/h2,4-5,9,15H,3,14H2,1H3,(H,16,17). The van der Waals surface area contributed by atoms with E-state index in [0.29, 0.717) is 11.4 Å². The van der Waals surface area contributed by atoms with E-state index in [1.54, 1.807) is 6.20 Å². The summed E-state index contributed by atoms with van der Waals surface area (Å²) in [4.78, 5) is 13.8. The number of halogens is 1. The summed E-state index contributed by atoms with van der Waals surface area (Å²) in [7, 11) is 0. The van der Waals surface area contributed by atoms with E-state index in [-0.39, 0.29) is 0 Å². The second-order valence-electron chi connectivity index (χ2n) is 4.11. The number of aromatic nitrogens is 1. The molecule has 0 spiro atoms. The van der Waals surface area contributed by atoms with Gasteiger partial charge < -0.3 is 15.8 Å². The molecule has 0 amide bonds. The van der Waals surface area contributed by atoms with Gasteiger partial charge in [-0.15, -0.1) is 0 Å². The van der Waals surface area contributed by atoms with Gasteiger partial charge in [-0.25, -0.2) is 0 Å². The highest BCUT2D eigenvalue weighted by atomic mass is 35.5. The molecule has 17 heavy (non-hydrogen) atoms. The average Bonchev–Trinajstić information content (AvgIpc) is 2.60. The van der Waals surface area contributed by atoms with Gasteiger partial charge in [0.05, 0.1) is 0 Å². The van der Waals surface area contributed by atoms with E-state index in [0.717, 1.165) is 22.0 Å². The van der Waals surface area contributed by atoms with Gasteiger partial charge in [0.1, 0.15) is 6.04 Å². The summed E-state index contributed by atoms with van der Waals surface area (Å²) in [6.45, 7) is 1.94. The summed E-state index contributed by atoms with van der Waals surface area (Å²) in [5.41, 5.74) is 8.37. The van der Waals surface area contributed by atoms with Crippen LogP contribution in [0.1, 0.15) is 11.1 Å². The minimum Gasteiger partial charge on any atom is -0.480 e. The minimum absolute atomic E-state index is 0.303. The molecule has 1 atom stereocenters. The van der Waals surface area contributed by atoms with Crippen molar-refractivity contribution in [3.8, 4) is 0 Å². The van der Waals surface area contributed by atoms with Crippen LogP contribution in [0.15, 0.2) is 18.3 Å². The average molecular weight is 253 g/mol. The van der Waals surface area contributed by atoms with E-state index in [1.165, 1.54) is 0 Å². The summed E-state index contributed by atoms with van der Waals surface area (Å²) in [6.07, 6.45) is 2.09. The van der Waals surface area contributed by atoms with Crippen LogP contribution in [0.3, 0.4) is 0 Å². The molecular formula is C12H13ClN2O2. The smallest absolute Gasteiger partial charge is 0.320 e. The maximum atomic E-state index is 10.7. The van der Waals surface area contributed by atoms with Crippen molar-refractivity contribution >= 4 is 28.5 Å². The van der Waals surface area contributed by atoms with Gasteiger partial charge in [-0.3, -0.25) is 4.79 Å². The van der Waals surface area contributed by atoms with Gasteiger partial charge in [0.25, 0.3) is 0 Å². The zero-order valence-electron chi connectivity index (χ0n) is 9.33. The van der Waals surface area contributed by atoms with Gasteiger partial charge in [0.15, 0.2) is 0 Å². The van der Waals surface area contributed by atoms with Gasteiger partial charge in [-0.1, -0.05) is 11.6 Å². The number of carboxylic acids is 1. The van der Waals surface area contributed by atoms with Crippen molar-refractivity contribution in [2.24, 2.45) is 5.73 Å². The van der Waals surface area contributed by atoms with Crippen molar-refractivity contribution in [1.82, 2.24) is 4.98 Å². The summed E-state index contributed by atoms with van der Waals surface area (Å²) < 4.78 is 0. The van der Waals surface area contributed by atoms with Crippen LogP contribution in [0.2, 0.25) is 5.02 Å². The number of nitrogens with one attached hydrogen (secondary N) is 1. The third-order valence-electron chi connectivity index (χ3n) is 2.78. The molecule has 1 aromatic heterocycles. The number of fused-ring (bicyclic) bond motifs is 1. The van der Waals surface area contributed by atoms with Gasteiger partial charge in [0, 0.05) is 28.5 Å². The number of hydrogen-bond acceptors (Lipinski definition) is 2. The number of nitrogens with two attached hydrogens (primary N) is 1. The lowest BCUT2D eigenvalue weighted by Crippen LogP contribution is -2.32. The highest BCUT2D eigenvalue weighted by Gasteiger charge is 2.15. The zero-order valence-corrected chi connectivity index (χ0v) is 10.1. The molecular weight excluding hydrogens is 240 g/mol. The molecule has 4 nitrogen and oxygen atoms in total. The van der Waals surface area contributed by atoms with Gasteiger partial charge in [-0.05, 0) is 30.2 Å². The number of aryl methyl sites for hydroxylation is 1. The SMILES string of the molecule is Cc1cc(Cl)cc2[nH]cc(CC(N)C(=O)O)c12. The second-order valence-corrected chi connectivity index (χ2v) is 4.54. The van der Waals surface area contributed by atoms with E-state index < -0.39 is 12.0 Å². The molecule has 2 rings (SSSR count). The first-order valence-corrected chi connectivity index (χ1v) is 5.61. The zero-order chi connectivity index (χ0) is 12.6. The molecule has 0 aliphatic carbocycles. The molecule has 1 aromatic carbocycles. The van der Waals surface area contributed by atoms with E-state index in [2.05, 4.69) is 4.98 Å². The molecule has 1 heterocycles. The van der Waals surface area contributed by atoms with Crippen LogP contribution in [0.25, 0.3) is 10.9 Å². The molecule has 90 valence electrons. The van der Waals surface area contributed by atoms with Crippen molar-refractivity contribution in [1.29, 1.82) is 0 Å². The molecule has 0 aliphatic rings. The minimum atomic E-state index is -0.994. The molecule has 0 radical (unpaired) electrons. The number of carboxylic acid groups (broad SMARTS) is 1. The largest absolute Gasteiger partial charge is 0.480 e. The van der Waals surface area contributed by atoms with Crippen molar-refractivity contribution in [2.75, 3.05) is 0 Å². The Kier molecular flexibility index (Phi) is 3.09. The molecule has 2 aromatic rings. The number of aliphatic carboxylic acids is 1. The van der Waals surface area contributed by atoms with E-state index in [1.807, 2.05) is 19.1 Å². The number of aromatic amines is 1. The summed E-state index contributed by atoms with van der Waals surface area (Å²) in [5.74, 6) is -0.994. The Morgan fingerprint density at radius 1 is 1.59 bits per heavy atom. The van der Waals surface area contributed by atoms with Crippen LogP contribution in [0.5, 0.6) is 0 Å². The van der Waals surface area contributed by atoms with Crippen molar-refractivity contribution in [2.45, 2.75) is 19.4 Å². The highest BCUT2D eigenvalue weighted by Crippen LogP contribution is 2.26. The molecule has 0 aliphatic heterocycles. The highest BCUT2D eigenvalue weighted by molar-refractivity contribution is 6.31. The number of benzene rings is 1. The number of rotatable bonds is 3. The first kappa shape index (κ1) is 12.0. The molecule has 0 bridgehead atoms. The van der Waals surface area contributed by atoms with Gasteiger partial charge in [0.2, 0.25) is 0 Å². The summed E-state index contributed by atoms with van der Waals surface area (Å²) >= 11 is 5.95. The van der Waals surface area contributed by atoms with Crippen LogP contribution in [-0.4, -0.2) is 22.1 Å².